The van der Waals surface area contributed by atoms with Crippen molar-refractivity contribution in [2.24, 2.45) is 17.8 Å². The van der Waals surface area contributed by atoms with Crippen LogP contribution in [0, 0.1) is 17.8 Å². The summed E-state index contributed by atoms with van der Waals surface area (Å²) in [6, 6.07) is 8.16. The Hall–Kier alpha value is -1.20. The van der Waals surface area contributed by atoms with E-state index >= 15 is 0 Å². The number of nitrogens with zero attached hydrogens (tertiary/aromatic N) is 2. The average molecular weight is 386 g/mol. The molecule has 0 aromatic heterocycles. The topological polar surface area (TPSA) is 35.6 Å². The molecule has 0 atom stereocenters. The smallest absolute Gasteiger partial charge is 0.321 e. The maximum absolute atomic E-state index is 12.7. The van der Waals surface area contributed by atoms with Gasteiger partial charge in [0.05, 0.1) is 0 Å². The molecule has 2 amide bonds. The highest BCUT2D eigenvalue weighted by atomic mass is 32.2. The summed E-state index contributed by atoms with van der Waals surface area (Å²) in [5.74, 6) is 2.96. The van der Waals surface area contributed by atoms with Crippen molar-refractivity contribution in [3.8, 4) is 0 Å². The number of urea groups is 1. The summed E-state index contributed by atoms with van der Waals surface area (Å²) in [6.07, 6.45) is 10.8. The van der Waals surface area contributed by atoms with Crippen LogP contribution >= 0.6 is 11.8 Å². The fourth-order valence-corrected chi connectivity index (χ4v) is 7.20. The first-order chi connectivity index (χ1) is 13.1. The fraction of sp³-hybridized carbons (Fsp3) is 0.682. The van der Waals surface area contributed by atoms with Gasteiger partial charge in [0.15, 0.2) is 0 Å². The van der Waals surface area contributed by atoms with E-state index in [0.29, 0.717) is 5.54 Å². The Labute approximate surface area is 167 Å². The second kappa shape index (κ2) is 7.00. The minimum Gasteiger partial charge on any atom is -0.322 e. The van der Waals surface area contributed by atoms with Gasteiger partial charge >= 0.3 is 6.03 Å². The minimum absolute atomic E-state index is 0.0541. The first-order valence-electron chi connectivity index (χ1n) is 10.6. The number of rotatable bonds is 3. The summed E-state index contributed by atoms with van der Waals surface area (Å²) in [7, 11) is 0. The summed E-state index contributed by atoms with van der Waals surface area (Å²) >= 11 is 1.70. The molecule has 4 bridgehead atoms. The summed E-state index contributed by atoms with van der Waals surface area (Å²) < 4.78 is 0. The Morgan fingerprint density at radius 1 is 1.04 bits per heavy atom. The molecule has 1 aliphatic heterocycles. The minimum atomic E-state index is 0.0541. The predicted molar refractivity (Wildman–Crippen MR) is 111 cm³/mol. The number of thioether (sulfide) groups is 1. The molecule has 1 aromatic rings. The van der Waals surface area contributed by atoms with Crippen LogP contribution in [0.2, 0.25) is 0 Å². The number of nitrogens with one attached hydrogen (secondary N) is 1. The predicted octanol–water partition coefficient (Wildman–Crippen LogP) is 4.53. The van der Waals surface area contributed by atoms with Crippen LogP contribution in [0.4, 0.5) is 10.5 Å². The molecule has 27 heavy (non-hydrogen) atoms. The van der Waals surface area contributed by atoms with Crippen molar-refractivity contribution in [1.82, 2.24) is 9.80 Å². The fourth-order valence-electron chi connectivity index (χ4n) is 6.74. The molecule has 0 unspecified atom stereocenters. The van der Waals surface area contributed by atoms with Gasteiger partial charge < -0.3 is 10.2 Å². The molecule has 5 aliphatic rings. The molecule has 4 nitrogen and oxygen atoms in total. The Kier molecular flexibility index (Phi) is 4.63. The van der Waals surface area contributed by atoms with Crippen molar-refractivity contribution in [3.05, 3.63) is 24.3 Å². The van der Waals surface area contributed by atoms with E-state index in [-0.39, 0.29) is 6.03 Å². The molecule has 1 aromatic carbocycles. The Morgan fingerprint density at radius 2 is 1.67 bits per heavy atom. The van der Waals surface area contributed by atoms with E-state index in [0.717, 1.165) is 49.6 Å². The zero-order valence-electron chi connectivity index (χ0n) is 16.3. The van der Waals surface area contributed by atoms with Crippen LogP contribution in [0.3, 0.4) is 0 Å². The number of anilines is 1. The Balaban J connectivity index is 1.20. The first-order valence-corrected chi connectivity index (χ1v) is 11.8. The SMILES string of the molecule is CSc1cccc(NC(=O)N2CCN(C34CC5CC(CC(C5)C3)C4)CC2)c1. The van der Waals surface area contributed by atoms with Crippen LogP contribution in [-0.2, 0) is 0 Å². The van der Waals surface area contributed by atoms with Crippen molar-refractivity contribution in [2.75, 3.05) is 37.8 Å². The Morgan fingerprint density at radius 3 is 2.26 bits per heavy atom. The molecule has 1 N–H and O–H groups in total. The third-order valence-electron chi connectivity index (χ3n) is 7.56. The first kappa shape index (κ1) is 17.9. The molecule has 5 heteroatoms. The number of carbonyl (C=O) groups excluding carboxylic acids is 1. The molecule has 4 saturated carbocycles. The van der Waals surface area contributed by atoms with E-state index in [1.165, 1.54) is 43.4 Å². The number of benzene rings is 1. The summed E-state index contributed by atoms with van der Waals surface area (Å²) in [6.45, 7) is 3.81. The van der Waals surface area contributed by atoms with Gasteiger partial charge in [-0.3, -0.25) is 4.90 Å². The van der Waals surface area contributed by atoms with E-state index in [2.05, 4.69) is 22.5 Å². The zero-order chi connectivity index (χ0) is 18.4. The molecule has 0 radical (unpaired) electrons. The van der Waals surface area contributed by atoms with Crippen LogP contribution in [0.1, 0.15) is 38.5 Å². The molecule has 6 rings (SSSR count). The van der Waals surface area contributed by atoms with Gasteiger partial charge in [0.2, 0.25) is 0 Å². The quantitative estimate of drug-likeness (QED) is 0.777. The third kappa shape index (κ3) is 3.38. The van der Waals surface area contributed by atoms with E-state index in [4.69, 9.17) is 0 Å². The second-order valence-electron chi connectivity index (χ2n) is 9.28. The van der Waals surface area contributed by atoms with E-state index in [9.17, 15) is 4.79 Å². The normalized spacial score (nSPS) is 35.4. The van der Waals surface area contributed by atoms with Crippen LogP contribution in [0.25, 0.3) is 0 Å². The number of hydrogen-bond donors (Lipinski definition) is 1. The lowest BCUT2D eigenvalue weighted by molar-refractivity contribution is -0.0979. The molecular formula is C22H31N3OS. The largest absolute Gasteiger partial charge is 0.322 e. The lowest BCUT2D eigenvalue weighted by Crippen LogP contribution is -2.64. The van der Waals surface area contributed by atoms with Gasteiger partial charge in [0, 0.05) is 42.3 Å². The summed E-state index contributed by atoms with van der Waals surface area (Å²) in [5.41, 5.74) is 1.37. The van der Waals surface area contributed by atoms with Crippen molar-refractivity contribution in [3.63, 3.8) is 0 Å². The maximum atomic E-state index is 12.7. The molecule has 4 aliphatic carbocycles. The van der Waals surface area contributed by atoms with Crippen molar-refractivity contribution in [2.45, 2.75) is 49.0 Å². The second-order valence-corrected chi connectivity index (χ2v) is 10.2. The molecule has 146 valence electrons. The number of carbonyl (C=O) groups is 1. The van der Waals surface area contributed by atoms with Crippen LogP contribution in [0.5, 0.6) is 0 Å². The van der Waals surface area contributed by atoms with Gasteiger partial charge in [0.25, 0.3) is 0 Å². The van der Waals surface area contributed by atoms with Crippen LogP contribution in [-0.4, -0.2) is 53.8 Å². The summed E-state index contributed by atoms with van der Waals surface area (Å²) in [5, 5.41) is 3.09. The van der Waals surface area contributed by atoms with Crippen LogP contribution in [0.15, 0.2) is 29.2 Å². The van der Waals surface area contributed by atoms with Gasteiger partial charge in [-0.2, -0.15) is 0 Å². The van der Waals surface area contributed by atoms with E-state index in [1.807, 2.05) is 23.1 Å². The Bertz CT molecular complexity index is 678. The molecular weight excluding hydrogens is 354 g/mol. The standard InChI is InChI=1S/C22H31N3OS/c1-27-20-4-2-3-19(12-20)23-21(26)24-5-7-25(8-6-24)22-13-16-9-17(14-22)11-18(10-16)15-22/h2-4,12,16-18H,5-11,13-15H2,1H3,(H,23,26). The van der Waals surface area contributed by atoms with Gasteiger partial charge in [-0.15, -0.1) is 11.8 Å². The van der Waals surface area contributed by atoms with Crippen molar-refractivity contribution < 1.29 is 4.79 Å². The van der Waals surface area contributed by atoms with Gasteiger partial charge in [-0.1, -0.05) is 6.07 Å². The average Bonchev–Trinajstić information content (AvgIpc) is 2.67. The molecule has 5 fully saturated rings. The lowest BCUT2D eigenvalue weighted by atomic mass is 9.52. The zero-order valence-corrected chi connectivity index (χ0v) is 17.1. The highest BCUT2D eigenvalue weighted by Crippen LogP contribution is 2.57. The maximum Gasteiger partial charge on any atom is 0.321 e. The van der Waals surface area contributed by atoms with Crippen LogP contribution < -0.4 is 5.32 Å². The highest BCUT2D eigenvalue weighted by molar-refractivity contribution is 7.98. The molecule has 1 saturated heterocycles. The highest BCUT2D eigenvalue weighted by Gasteiger charge is 2.53. The van der Waals surface area contributed by atoms with E-state index < -0.39 is 0 Å². The number of amides is 2. The molecule has 1 heterocycles. The summed E-state index contributed by atoms with van der Waals surface area (Å²) in [4.78, 5) is 18.7. The monoisotopic (exact) mass is 385 g/mol. The van der Waals surface area contributed by atoms with Crippen molar-refractivity contribution >= 4 is 23.5 Å². The lowest BCUT2D eigenvalue weighted by Gasteiger charge is -2.61. The molecule has 0 spiro atoms. The van der Waals surface area contributed by atoms with Gasteiger partial charge in [-0.25, -0.2) is 4.79 Å². The number of hydrogen-bond acceptors (Lipinski definition) is 3. The number of piperazine rings is 1. The van der Waals surface area contributed by atoms with E-state index in [1.54, 1.807) is 11.8 Å². The van der Waals surface area contributed by atoms with Crippen molar-refractivity contribution in [1.29, 1.82) is 0 Å². The van der Waals surface area contributed by atoms with Gasteiger partial charge in [-0.05, 0) is 80.7 Å². The third-order valence-corrected chi connectivity index (χ3v) is 8.29. The van der Waals surface area contributed by atoms with Gasteiger partial charge in [0.1, 0.15) is 0 Å².